The predicted octanol–water partition coefficient (Wildman–Crippen LogP) is 4.97. The van der Waals surface area contributed by atoms with Crippen LogP contribution in [0.2, 0.25) is 0 Å². The summed E-state index contributed by atoms with van der Waals surface area (Å²) in [5, 5.41) is 0. The molecule has 1 saturated heterocycles. The quantitative estimate of drug-likeness (QED) is 0.504. The van der Waals surface area contributed by atoms with Gasteiger partial charge in [-0.1, -0.05) is 58.7 Å². The van der Waals surface area contributed by atoms with E-state index in [1.807, 2.05) is 36.1 Å². The molecule has 1 amide bonds. The van der Waals surface area contributed by atoms with Crippen LogP contribution in [0.5, 0.6) is 0 Å². The van der Waals surface area contributed by atoms with E-state index < -0.39 is 0 Å². The molecule has 1 aliphatic heterocycles. The van der Waals surface area contributed by atoms with Crippen LogP contribution >= 0.6 is 15.9 Å². The van der Waals surface area contributed by atoms with Crippen molar-refractivity contribution in [2.24, 2.45) is 0 Å². The Hall–Kier alpha value is -2.73. The smallest absolute Gasteiger partial charge is 0.254 e. The predicted molar refractivity (Wildman–Crippen MR) is 132 cm³/mol. The van der Waals surface area contributed by atoms with Crippen molar-refractivity contribution in [3.8, 4) is 0 Å². The average Bonchev–Trinajstić information content (AvgIpc) is 2.81. The van der Waals surface area contributed by atoms with Gasteiger partial charge in [-0.05, 0) is 44.0 Å². The lowest BCUT2D eigenvalue weighted by molar-refractivity contribution is 0.0746. The van der Waals surface area contributed by atoms with E-state index in [1.54, 1.807) is 0 Å². The summed E-state index contributed by atoms with van der Waals surface area (Å²) in [6.07, 6.45) is 1.69. The van der Waals surface area contributed by atoms with Crippen LogP contribution in [-0.2, 0) is 12.8 Å². The summed E-state index contributed by atoms with van der Waals surface area (Å²) in [5.74, 6) is 1.90. The van der Waals surface area contributed by atoms with Crippen LogP contribution in [0.1, 0.15) is 45.5 Å². The first-order valence-electron chi connectivity index (χ1n) is 11.2. The van der Waals surface area contributed by atoms with Crippen molar-refractivity contribution in [3.63, 3.8) is 0 Å². The van der Waals surface area contributed by atoms with Gasteiger partial charge < -0.3 is 9.80 Å². The highest BCUT2D eigenvalue weighted by Gasteiger charge is 2.26. The Balaban J connectivity index is 1.55. The van der Waals surface area contributed by atoms with E-state index in [0.717, 1.165) is 53.3 Å². The van der Waals surface area contributed by atoms with Crippen LogP contribution < -0.4 is 4.90 Å². The molecular formula is C26H29BrN4O. The van der Waals surface area contributed by atoms with E-state index >= 15 is 0 Å². The number of piperazine rings is 1. The monoisotopic (exact) mass is 492 g/mol. The maximum Gasteiger partial charge on any atom is 0.254 e. The minimum Gasteiger partial charge on any atom is -0.353 e. The van der Waals surface area contributed by atoms with E-state index in [0.29, 0.717) is 13.1 Å². The van der Waals surface area contributed by atoms with Gasteiger partial charge in [-0.15, -0.1) is 0 Å². The van der Waals surface area contributed by atoms with Gasteiger partial charge in [0.05, 0.1) is 0 Å². The molecule has 6 heteroatoms. The Labute approximate surface area is 198 Å². The van der Waals surface area contributed by atoms with E-state index in [2.05, 4.69) is 58.9 Å². The van der Waals surface area contributed by atoms with Crippen molar-refractivity contribution in [2.75, 3.05) is 31.1 Å². The molecule has 1 fully saturated rings. The Morgan fingerprint density at radius 3 is 2.38 bits per heavy atom. The maximum absolute atomic E-state index is 12.9. The molecule has 5 nitrogen and oxygen atoms in total. The fourth-order valence-electron chi connectivity index (χ4n) is 4.21. The van der Waals surface area contributed by atoms with Crippen LogP contribution in [0.25, 0.3) is 0 Å². The molecule has 1 aromatic heterocycles. The Kier molecular flexibility index (Phi) is 6.89. The van der Waals surface area contributed by atoms with E-state index in [4.69, 9.17) is 9.97 Å². The molecule has 4 rings (SSSR count). The fraction of sp³-hybridized carbons (Fsp3) is 0.346. The molecule has 3 aromatic rings. The molecule has 0 unspecified atom stereocenters. The van der Waals surface area contributed by atoms with Gasteiger partial charge in [-0.3, -0.25) is 4.79 Å². The zero-order valence-electron chi connectivity index (χ0n) is 18.9. The number of hydrogen-bond donors (Lipinski definition) is 0. The van der Waals surface area contributed by atoms with Gasteiger partial charge in [-0.2, -0.15) is 0 Å². The number of hydrogen-bond acceptors (Lipinski definition) is 4. The van der Waals surface area contributed by atoms with E-state index in [9.17, 15) is 4.79 Å². The summed E-state index contributed by atoms with van der Waals surface area (Å²) in [4.78, 5) is 26.8. The third-order valence-corrected chi connectivity index (χ3v) is 6.45. The lowest BCUT2D eigenvalue weighted by Gasteiger charge is -2.36. The third-order valence-electron chi connectivity index (χ3n) is 5.96. The van der Waals surface area contributed by atoms with Gasteiger partial charge in [0, 0.05) is 53.9 Å². The van der Waals surface area contributed by atoms with E-state index in [1.165, 1.54) is 16.7 Å². The molecule has 1 aliphatic rings. The number of amides is 1. The number of halogens is 1. The Morgan fingerprint density at radius 2 is 1.72 bits per heavy atom. The lowest BCUT2D eigenvalue weighted by atomic mass is 10.0. The molecule has 0 spiro atoms. The molecule has 0 radical (unpaired) electrons. The van der Waals surface area contributed by atoms with Crippen LogP contribution in [0, 0.1) is 13.8 Å². The zero-order valence-corrected chi connectivity index (χ0v) is 20.5. The van der Waals surface area contributed by atoms with E-state index in [-0.39, 0.29) is 5.91 Å². The molecule has 0 N–H and O–H groups in total. The molecule has 0 atom stereocenters. The van der Waals surface area contributed by atoms with Crippen LogP contribution in [0.3, 0.4) is 0 Å². The number of aromatic nitrogens is 2. The third kappa shape index (κ3) is 5.01. The summed E-state index contributed by atoms with van der Waals surface area (Å²) in [7, 11) is 0. The fourth-order valence-corrected chi connectivity index (χ4v) is 4.61. The first-order chi connectivity index (χ1) is 15.4. The number of anilines is 1. The summed E-state index contributed by atoms with van der Waals surface area (Å²) in [5.41, 5.74) is 5.56. The molecule has 0 bridgehead atoms. The van der Waals surface area contributed by atoms with Crippen molar-refractivity contribution in [2.45, 2.75) is 33.6 Å². The average molecular weight is 493 g/mol. The van der Waals surface area contributed by atoms with Gasteiger partial charge in [0.15, 0.2) is 0 Å². The highest BCUT2D eigenvalue weighted by Crippen LogP contribution is 2.26. The SMILES string of the molecule is CCc1nc(C)nc(N2CCN(C(=O)c3cccc(Br)c3)CC2)c1Cc1ccc(C)cc1. The van der Waals surface area contributed by atoms with Crippen LogP contribution in [0.15, 0.2) is 53.0 Å². The second-order valence-electron chi connectivity index (χ2n) is 8.33. The van der Waals surface area contributed by atoms with Gasteiger partial charge >= 0.3 is 0 Å². The molecule has 2 aromatic carbocycles. The standard InChI is InChI=1S/C26H29BrN4O/c1-4-24-23(16-20-10-8-18(2)9-11-20)25(29-19(3)28-24)30-12-14-31(15-13-30)26(32)21-6-5-7-22(27)17-21/h5-11,17H,4,12-16H2,1-3H3. The molecule has 32 heavy (non-hydrogen) atoms. The van der Waals surface area contributed by atoms with Gasteiger partial charge in [0.25, 0.3) is 5.91 Å². The number of benzene rings is 2. The first-order valence-corrected chi connectivity index (χ1v) is 12.0. The number of carbonyl (C=O) groups excluding carboxylic acids is 1. The molecular weight excluding hydrogens is 464 g/mol. The number of rotatable bonds is 5. The van der Waals surface area contributed by atoms with Crippen LogP contribution in [0.4, 0.5) is 5.82 Å². The summed E-state index contributed by atoms with van der Waals surface area (Å²) >= 11 is 3.46. The first kappa shape index (κ1) is 22.5. The zero-order chi connectivity index (χ0) is 22.7. The normalized spacial score (nSPS) is 14.0. The van der Waals surface area contributed by atoms with Crippen molar-refractivity contribution >= 4 is 27.7 Å². The number of nitrogens with zero attached hydrogens (tertiary/aromatic N) is 4. The Bertz CT molecular complexity index is 1110. The van der Waals surface area contributed by atoms with Gasteiger partial charge in [-0.25, -0.2) is 9.97 Å². The van der Waals surface area contributed by atoms with Gasteiger partial charge in [0.1, 0.15) is 11.6 Å². The number of aryl methyl sites for hydroxylation is 3. The number of carbonyl (C=O) groups is 1. The topological polar surface area (TPSA) is 49.3 Å². The maximum atomic E-state index is 12.9. The second kappa shape index (κ2) is 9.82. The Morgan fingerprint density at radius 1 is 1.00 bits per heavy atom. The van der Waals surface area contributed by atoms with Crippen LogP contribution in [-0.4, -0.2) is 47.0 Å². The lowest BCUT2D eigenvalue weighted by Crippen LogP contribution is -2.49. The molecule has 0 saturated carbocycles. The van der Waals surface area contributed by atoms with Crippen molar-refractivity contribution in [1.82, 2.24) is 14.9 Å². The summed E-state index contributed by atoms with van der Waals surface area (Å²) < 4.78 is 0.922. The second-order valence-corrected chi connectivity index (χ2v) is 9.24. The largest absolute Gasteiger partial charge is 0.353 e. The van der Waals surface area contributed by atoms with Crippen molar-refractivity contribution < 1.29 is 4.79 Å². The minimum absolute atomic E-state index is 0.0824. The minimum atomic E-state index is 0.0824. The molecule has 2 heterocycles. The van der Waals surface area contributed by atoms with Crippen molar-refractivity contribution in [1.29, 1.82) is 0 Å². The molecule has 166 valence electrons. The summed E-state index contributed by atoms with van der Waals surface area (Å²) in [6.45, 7) is 9.11. The van der Waals surface area contributed by atoms with Gasteiger partial charge in [0.2, 0.25) is 0 Å². The summed E-state index contributed by atoms with van der Waals surface area (Å²) in [6, 6.07) is 16.3. The highest BCUT2D eigenvalue weighted by molar-refractivity contribution is 9.10. The highest BCUT2D eigenvalue weighted by atomic mass is 79.9. The molecule has 0 aliphatic carbocycles. The van der Waals surface area contributed by atoms with Crippen molar-refractivity contribution in [3.05, 3.63) is 86.8 Å².